The standard InChI is InChI=1S/C28H36F4O4/c1-2-35-15-19-9-12-21(25(30)24(19)29)16-3-5-18(6-4-16)28(34)36-23-14-13-22(26(31)27(23)32)17-7-10-20(33)11-8-17/h9,12,16-18,20,22-23,33H,2-8,10-11,13-15H2,1H3. The van der Waals surface area contributed by atoms with E-state index in [1.54, 1.807) is 19.1 Å². The molecular formula is C28H36F4O4. The fourth-order valence-corrected chi connectivity index (χ4v) is 6.09. The van der Waals surface area contributed by atoms with Crippen molar-refractivity contribution in [1.29, 1.82) is 0 Å². The van der Waals surface area contributed by atoms with Crippen LogP contribution in [0.2, 0.25) is 0 Å². The molecule has 0 heterocycles. The fourth-order valence-electron chi connectivity index (χ4n) is 6.09. The number of esters is 1. The van der Waals surface area contributed by atoms with Crippen LogP contribution in [0.4, 0.5) is 17.6 Å². The van der Waals surface area contributed by atoms with E-state index in [4.69, 9.17) is 9.47 Å². The molecule has 0 spiro atoms. The number of halogens is 4. The molecule has 2 unspecified atom stereocenters. The maximum absolute atomic E-state index is 14.8. The van der Waals surface area contributed by atoms with E-state index in [2.05, 4.69) is 0 Å². The van der Waals surface area contributed by atoms with Gasteiger partial charge in [-0.1, -0.05) is 12.1 Å². The molecule has 0 amide bonds. The average molecular weight is 513 g/mol. The van der Waals surface area contributed by atoms with Gasteiger partial charge in [-0.25, -0.2) is 17.6 Å². The van der Waals surface area contributed by atoms with Gasteiger partial charge < -0.3 is 14.6 Å². The lowest BCUT2D eigenvalue weighted by molar-refractivity contribution is -0.155. The summed E-state index contributed by atoms with van der Waals surface area (Å²) in [5.74, 6) is -5.32. The summed E-state index contributed by atoms with van der Waals surface area (Å²) >= 11 is 0. The van der Waals surface area contributed by atoms with Gasteiger partial charge in [0.25, 0.3) is 0 Å². The quantitative estimate of drug-likeness (QED) is 0.323. The highest BCUT2D eigenvalue weighted by molar-refractivity contribution is 5.73. The second-order valence-electron chi connectivity index (χ2n) is 10.5. The lowest BCUT2D eigenvalue weighted by Gasteiger charge is -2.35. The van der Waals surface area contributed by atoms with Crippen molar-refractivity contribution >= 4 is 5.97 Å². The fraction of sp³-hybridized carbons (Fsp3) is 0.679. The molecule has 8 heteroatoms. The Hall–Kier alpha value is -1.93. The Balaban J connectivity index is 1.31. The third kappa shape index (κ3) is 5.96. The molecule has 36 heavy (non-hydrogen) atoms. The van der Waals surface area contributed by atoms with Crippen LogP contribution in [0.5, 0.6) is 0 Å². The Kier molecular flexibility index (Phi) is 9.10. The van der Waals surface area contributed by atoms with Gasteiger partial charge in [0, 0.05) is 18.1 Å². The molecule has 0 radical (unpaired) electrons. The van der Waals surface area contributed by atoms with Crippen molar-refractivity contribution in [2.24, 2.45) is 17.8 Å². The largest absolute Gasteiger partial charge is 0.455 e. The zero-order valence-corrected chi connectivity index (χ0v) is 20.8. The summed E-state index contributed by atoms with van der Waals surface area (Å²) in [4.78, 5) is 12.7. The molecule has 3 aliphatic carbocycles. The van der Waals surface area contributed by atoms with Gasteiger partial charge in [0.15, 0.2) is 23.6 Å². The highest BCUT2D eigenvalue weighted by atomic mass is 19.2. The van der Waals surface area contributed by atoms with E-state index >= 15 is 0 Å². The first-order valence-electron chi connectivity index (χ1n) is 13.3. The predicted molar refractivity (Wildman–Crippen MR) is 126 cm³/mol. The molecular weight excluding hydrogens is 476 g/mol. The summed E-state index contributed by atoms with van der Waals surface area (Å²) in [7, 11) is 0. The second-order valence-corrected chi connectivity index (χ2v) is 10.5. The van der Waals surface area contributed by atoms with Crippen LogP contribution in [0.15, 0.2) is 23.8 Å². The van der Waals surface area contributed by atoms with Crippen LogP contribution < -0.4 is 0 Å². The highest BCUT2D eigenvalue weighted by Crippen LogP contribution is 2.44. The van der Waals surface area contributed by atoms with Gasteiger partial charge in [-0.15, -0.1) is 0 Å². The number of rotatable bonds is 7. The van der Waals surface area contributed by atoms with Crippen LogP contribution in [-0.2, 0) is 20.9 Å². The number of aliphatic hydroxyl groups excluding tert-OH is 1. The van der Waals surface area contributed by atoms with Crippen LogP contribution >= 0.6 is 0 Å². The third-order valence-corrected chi connectivity index (χ3v) is 8.30. The number of allylic oxidation sites excluding steroid dienone is 1. The van der Waals surface area contributed by atoms with Crippen molar-refractivity contribution in [3.05, 3.63) is 46.5 Å². The minimum absolute atomic E-state index is 0.00421. The van der Waals surface area contributed by atoms with Crippen molar-refractivity contribution in [3.8, 4) is 0 Å². The number of ether oxygens (including phenoxy) is 2. The summed E-state index contributed by atoms with van der Waals surface area (Å²) in [6, 6.07) is 3.13. The van der Waals surface area contributed by atoms with Gasteiger partial charge in [-0.05, 0) is 88.5 Å². The molecule has 0 aromatic heterocycles. The molecule has 4 nitrogen and oxygen atoms in total. The molecule has 2 atom stereocenters. The maximum atomic E-state index is 14.8. The van der Waals surface area contributed by atoms with Crippen molar-refractivity contribution < 1.29 is 36.9 Å². The van der Waals surface area contributed by atoms with Gasteiger partial charge in [0.1, 0.15) is 5.83 Å². The summed E-state index contributed by atoms with van der Waals surface area (Å²) in [6.07, 6.45) is 3.42. The number of hydrogen-bond acceptors (Lipinski definition) is 4. The Morgan fingerprint density at radius 2 is 1.58 bits per heavy atom. The Morgan fingerprint density at radius 1 is 0.889 bits per heavy atom. The molecule has 2 fully saturated rings. The van der Waals surface area contributed by atoms with Crippen molar-refractivity contribution in [2.45, 2.75) is 95.9 Å². The van der Waals surface area contributed by atoms with Crippen LogP contribution in [0.25, 0.3) is 0 Å². The normalized spacial score (nSPS) is 31.4. The smallest absolute Gasteiger partial charge is 0.309 e. The van der Waals surface area contributed by atoms with Crippen molar-refractivity contribution in [2.75, 3.05) is 6.61 Å². The lowest BCUT2D eigenvalue weighted by Crippen LogP contribution is -2.33. The molecule has 200 valence electrons. The van der Waals surface area contributed by atoms with E-state index in [0.717, 1.165) is 0 Å². The number of carbonyl (C=O) groups excluding carboxylic acids is 1. The number of benzene rings is 1. The van der Waals surface area contributed by atoms with E-state index in [0.29, 0.717) is 70.0 Å². The van der Waals surface area contributed by atoms with Gasteiger partial charge >= 0.3 is 5.97 Å². The highest BCUT2D eigenvalue weighted by Gasteiger charge is 2.39. The van der Waals surface area contributed by atoms with Gasteiger partial charge in [0.05, 0.1) is 18.6 Å². The minimum Gasteiger partial charge on any atom is -0.455 e. The van der Waals surface area contributed by atoms with Gasteiger partial charge in [0.2, 0.25) is 0 Å². The summed E-state index contributed by atoms with van der Waals surface area (Å²) in [6.45, 7) is 2.19. The Morgan fingerprint density at radius 3 is 2.25 bits per heavy atom. The molecule has 3 aliphatic rings. The monoisotopic (exact) mass is 512 g/mol. The topological polar surface area (TPSA) is 55.8 Å². The zero-order chi connectivity index (χ0) is 25.8. The minimum atomic E-state index is -1.20. The first-order valence-corrected chi connectivity index (χ1v) is 13.3. The molecule has 0 saturated heterocycles. The van der Waals surface area contributed by atoms with Gasteiger partial charge in [-0.3, -0.25) is 4.79 Å². The second kappa shape index (κ2) is 12.1. The summed E-state index contributed by atoms with van der Waals surface area (Å²) < 4.78 is 69.4. The zero-order valence-electron chi connectivity index (χ0n) is 20.8. The number of carbonyl (C=O) groups is 1. The van der Waals surface area contributed by atoms with Crippen LogP contribution in [0.1, 0.15) is 88.2 Å². The predicted octanol–water partition coefficient (Wildman–Crippen LogP) is 6.80. The van der Waals surface area contributed by atoms with E-state index < -0.39 is 47.2 Å². The van der Waals surface area contributed by atoms with Crippen LogP contribution in [-0.4, -0.2) is 29.9 Å². The molecule has 1 N–H and O–H groups in total. The van der Waals surface area contributed by atoms with Crippen LogP contribution in [0, 0.1) is 29.4 Å². The molecule has 0 aliphatic heterocycles. The molecule has 1 aromatic rings. The van der Waals surface area contributed by atoms with E-state index in [-0.39, 0.29) is 36.5 Å². The molecule has 0 bridgehead atoms. The lowest BCUT2D eigenvalue weighted by atomic mass is 9.74. The summed E-state index contributed by atoms with van der Waals surface area (Å²) in [5, 5.41) is 9.68. The maximum Gasteiger partial charge on any atom is 0.309 e. The van der Waals surface area contributed by atoms with Crippen molar-refractivity contribution in [1.82, 2.24) is 0 Å². The van der Waals surface area contributed by atoms with Crippen molar-refractivity contribution in [3.63, 3.8) is 0 Å². The molecule has 2 saturated carbocycles. The Bertz CT molecular complexity index is 949. The summed E-state index contributed by atoms with van der Waals surface area (Å²) in [5.41, 5.74) is 0.470. The number of hydrogen-bond donors (Lipinski definition) is 1. The Labute approximate surface area is 210 Å². The van der Waals surface area contributed by atoms with E-state index in [9.17, 15) is 27.5 Å². The van der Waals surface area contributed by atoms with E-state index in [1.807, 2.05) is 0 Å². The first kappa shape index (κ1) is 27.1. The molecule has 1 aromatic carbocycles. The molecule has 4 rings (SSSR count). The van der Waals surface area contributed by atoms with E-state index in [1.165, 1.54) is 0 Å². The van der Waals surface area contributed by atoms with Crippen LogP contribution in [0.3, 0.4) is 0 Å². The third-order valence-electron chi connectivity index (χ3n) is 8.30. The van der Waals surface area contributed by atoms with Gasteiger partial charge in [-0.2, -0.15) is 0 Å². The first-order chi connectivity index (χ1) is 17.3. The number of aliphatic hydroxyl groups is 1. The average Bonchev–Trinajstić information content (AvgIpc) is 2.88. The SMILES string of the molecule is CCOCc1ccc(C2CCC(C(=O)OC3CCC(C4CCC(O)CC4)C(F)=C3F)CC2)c(F)c1F.